The summed E-state index contributed by atoms with van der Waals surface area (Å²) in [4.78, 5) is 1.64. The quantitative estimate of drug-likeness (QED) is 0.854. The van der Waals surface area contributed by atoms with E-state index in [1.54, 1.807) is 4.90 Å². The predicted octanol–water partition coefficient (Wildman–Crippen LogP) is 1.84. The van der Waals surface area contributed by atoms with Crippen molar-refractivity contribution in [3.8, 4) is 0 Å². The fourth-order valence-electron chi connectivity index (χ4n) is 3.51. The van der Waals surface area contributed by atoms with Crippen LogP contribution in [0.15, 0.2) is 30.3 Å². The van der Waals surface area contributed by atoms with Crippen molar-refractivity contribution in [1.29, 1.82) is 0 Å². The summed E-state index contributed by atoms with van der Waals surface area (Å²) in [7, 11) is 0. The Bertz CT molecular complexity index is 403. The Morgan fingerprint density at radius 2 is 1.89 bits per heavy atom. The molecule has 1 heterocycles. The third-order valence-corrected chi connectivity index (χ3v) is 4.64. The Labute approximate surface area is 117 Å². The SMILES string of the molecule is CC(C)C[NH+]1C[C@@H](C)[C@@](O)(c2ccccc2)C[C@H]1C. The first-order chi connectivity index (χ1) is 8.93. The Balaban J connectivity index is 2.18. The van der Waals surface area contributed by atoms with E-state index in [0.717, 1.165) is 18.5 Å². The molecule has 1 aliphatic rings. The van der Waals surface area contributed by atoms with Gasteiger partial charge in [-0.05, 0) is 12.5 Å². The van der Waals surface area contributed by atoms with E-state index in [9.17, 15) is 5.11 Å². The maximum Gasteiger partial charge on any atom is 0.103 e. The van der Waals surface area contributed by atoms with Crippen molar-refractivity contribution in [2.75, 3.05) is 13.1 Å². The fraction of sp³-hybridized carbons (Fsp3) is 0.647. The summed E-state index contributed by atoms with van der Waals surface area (Å²) in [5.41, 5.74) is 0.430. The lowest BCUT2D eigenvalue weighted by Crippen LogP contribution is -3.18. The molecular weight excluding hydrogens is 234 g/mol. The molecule has 2 rings (SSSR count). The number of benzene rings is 1. The van der Waals surface area contributed by atoms with Crippen LogP contribution in [-0.4, -0.2) is 24.2 Å². The number of hydrogen-bond acceptors (Lipinski definition) is 1. The van der Waals surface area contributed by atoms with Crippen molar-refractivity contribution in [2.45, 2.75) is 45.8 Å². The minimum Gasteiger partial charge on any atom is -0.384 e. The summed E-state index contributed by atoms with van der Waals surface area (Å²) >= 11 is 0. The second kappa shape index (κ2) is 5.64. The average Bonchev–Trinajstić information content (AvgIpc) is 2.36. The summed E-state index contributed by atoms with van der Waals surface area (Å²) in [5, 5.41) is 11.1. The number of aliphatic hydroxyl groups is 1. The molecule has 0 radical (unpaired) electrons. The third-order valence-electron chi connectivity index (χ3n) is 4.64. The molecule has 1 aliphatic heterocycles. The minimum absolute atomic E-state index is 0.305. The van der Waals surface area contributed by atoms with E-state index in [4.69, 9.17) is 0 Å². The molecule has 106 valence electrons. The van der Waals surface area contributed by atoms with Crippen molar-refractivity contribution in [3.05, 3.63) is 35.9 Å². The molecule has 0 aliphatic carbocycles. The summed E-state index contributed by atoms with van der Waals surface area (Å²) in [6, 6.07) is 10.7. The van der Waals surface area contributed by atoms with Crippen LogP contribution in [0.3, 0.4) is 0 Å². The second-order valence-corrected chi connectivity index (χ2v) is 6.76. The molecule has 2 heteroatoms. The van der Waals surface area contributed by atoms with E-state index < -0.39 is 5.60 Å². The van der Waals surface area contributed by atoms with Gasteiger partial charge in [-0.15, -0.1) is 0 Å². The van der Waals surface area contributed by atoms with Gasteiger partial charge in [0.05, 0.1) is 19.1 Å². The number of hydrogen-bond donors (Lipinski definition) is 2. The van der Waals surface area contributed by atoms with Gasteiger partial charge in [-0.25, -0.2) is 0 Å². The highest BCUT2D eigenvalue weighted by atomic mass is 16.3. The number of quaternary nitrogens is 1. The van der Waals surface area contributed by atoms with Crippen molar-refractivity contribution >= 4 is 0 Å². The lowest BCUT2D eigenvalue weighted by Gasteiger charge is -2.45. The highest BCUT2D eigenvalue weighted by Crippen LogP contribution is 2.35. The minimum atomic E-state index is -0.652. The molecule has 4 atom stereocenters. The van der Waals surface area contributed by atoms with Crippen LogP contribution < -0.4 is 4.90 Å². The van der Waals surface area contributed by atoms with Crippen molar-refractivity contribution in [3.63, 3.8) is 0 Å². The molecule has 1 fully saturated rings. The molecule has 19 heavy (non-hydrogen) atoms. The number of likely N-dealkylation sites (tertiary alicyclic amines) is 1. The maximum absolute atomic E-state index is 11.1. The van der Waals surface area contributed by atoms with Gasteiger partial charge in [0.25, 0.3) is 0 Å². The van der Waals surface area contributed by atoms with Crippen molar-refractivity contribution in [2.24, 2.45) is 11.8 Å². The normalized spacial score (nSPS) is 35.6. The topological polar surface area (TPSA) is 24.7 Å². The summed E-state index contributed by atoms with van der Waals surface area (Å²) < 4.78 is 0. The Morgan fingerprint density at radius 3 is 2.47 bits per heavy atom. The lowest BCUT2D eigenvalue weighted by molar-refractivity contribution is -0.938. The van der Waals surface area contributed by atoms with E-state index >= 15 is 0 Å². The molecule has 0 saturated carbocycles. The molecule has 2 nitrogen and oxygen atoms in total. The van der Waals surface area contributed by atoms with Gasteiger partial charge in [-0.2, -0.15) is 0 Å². The van der Waals surface area contributed by atoms with Crippen LogP contribution in [0, 0.1) is 11.8 Å². The molecular formula is C17H28NO+. The number of rotatable bonds is 3. The van der Waals surface area contributed by atoms with Crippen LogP contribution in [0.2, 0.25) is 0 Å². The molecule has 0 spiro atoms. The molecule has 1 aromatic carbocycles. The highest BCUT2D eigenvalue weighted by Gasteiger charge is 2.45. The Kier molecular flexibility index (Phi) is 4.32. The van der Waals surface area contributed by atoms with Crippen molar-refractivity contribution < 1.29 is 10.0 Å². The molecule has 1 aromatic rings. The largest absolute Gasteiger partial charge is 0.384 e. The lowest BCUT2D eigenvalue weighted by atomic mass is 9.74. The van der Waals surface area contributed by atoms with Gasteiger partial charge < -0.3 is 10.0 Å². The van der Waals surface area contributed by atoms with Gasteiger partial charge in [0.2, 0.25) is 0 Å². The molecule has 0 amide bonds. The summed E-state index contributed by atoms with van der Waals surface area (Å²) in [5.74, 6) is 1.02. The van der Waals surface area contributed by atoms with Crippen LogP contribution in [0.5, 0.6) is 0 Å². The zero-order chi connectivity index (χ0) is 14.0. The summed E-state index contributed by atoms with van der Waals surface area (Å²) in [6.45, 7) is 11.3. The van der Waals surface area contributed by atoms with Crippen LogP contribution in [-0.2, 0) is 5.60 Å². The first-order valence-corrected chi connectivity index (χ1v) is 7.56. The van der Waals surface area contributed by atoms with E-state index in [1.807, 2.05) is 18.2 Å². The van der Waals surface area contributed by atoms with Gasteiger partial charge in [0.15, 0.2) is 0 Å². The van der Waals surface area contributed by atoms with Crippen LogP contribution >= 0.6 is 0 Å². The van der Waals surface area contributed by atoms with E-state index in [1.165, 1.54) is 6.54 Å². The molecule has 2 N–H and O–H groups in total. The maximum atomic E-state index is 11.1. The smallest absolute Gasteiger partial charge is 0.103 e. The van der Waals surface area contributed by atoms with Gasteiger partial charge in [-0.3, -0.25) is 0 Å². The predicted molar refractivity (Wildman–Crippen MR) is 79.1 cm³/mol. The van der Waals surface area contributed by atoms with Crippen LogP contribution in [0.4, 0.5) is 0 Å². The van der Waals surface area contributed by atoms with Gasteiger partial charge in [0.1, 0.15) is 5.60 Å². The first-order valence-electron chi connectivity index (χ1n) is 7.56. The Morgan fingerprint density at radius 1 is 1.26 bits per heavy atom. The fourth-order valence-corrected chi connectivity index (χ4v) is 3.51. The van der Waals surface area contributed by atoms with E-state index in [0.29, 0.717) is 17.9 Å². The number of nitrogens with one attached hydrogen (secondary N) is 1. The zero-order valence-corrected chi connectivity index (χ0v) is 12.7. The molecule has 1 unspecified atom stereocenters. The number of piperidine rings is 1. The monoisotopic (exact) mass is 262 g/mol. The first kappa shape index (κ1) is 14.5. The zero-order valence-electron chi connectivity index (χ0n) is 12.7. The molecule has 0 bridgehead atoms. The van der Waals surface area contributed by atoms with Gasteiger partial charge in [-0.1, -0.05) is 51.1 Å². The highest BCUT2D eigenvalue weighted by molar-refractivity contribution is 5.23. The molecule has 0 aromatic heterocycles. The van der Waals surface area contributed by atoms with Gasteiger partial charge >= 0.3 is 0 Å². The Hall–Kier alpha value is -0.860. The average molecular weight is 262 g/mol. The van der Waals surface area contributed by atoms with Crippen molar-refractivity contribution in [1.82, 2.24) is 0 Å². The van der Waals surface area contributed by atoms with E-state index in [2.05, 4.69) is 39.8 Å². The van der Waals surface area contributed by atoms with Crippen LogP contribution in [0.25, 0.3) is 0 Å². The standard InChI is InChI=1S/C17H27NO/c1-13(2)11-18-12-14(3)17(19,10-15(18)4)16-8-6-5-7-9-16/h5-9,13-15,19H,10-12H2,1-4H3/p+1/t14-,15-,17-/m1/s1. The summed E-state index contributed by atoms with van der Waals surface area (Å²) in [6.07, 6.45) is 0.861. The second-order valence-electron chi connectivity index (χ2n) is 6.76. The van der Waals surface area contributed by atoms with E-state index in [-0.39, 0.29) is 0 Å². The molecule has 1 saturated heterocycles. The van der Waals surface area contributed by atoms with Crippen LogP contribution in [0.1, 0.15) is 39.7 Å². The van der Waals surface area contributed by atoms with Gasteiger partial charge in [0, 0.05) is 18.3 Å². The third kappa shape index (κ3) is 3.01.